The predicted octanol–water partition coefficient (Wildman–Crippen LogP) is 4.02. The number of tetrazole rings is 1. The van der Waals surface area contributed by atoms with Crippen LogP contribution in [0.2, 0.25) is 0 Å². The lowest BCUT2D eigenvalue weighted by Gasteiger charge is -2.32. The van der Waals surface area contributed by atoms with E-state index < -0.39 is 11.9 Å². The second-order valence-corrected chi connectivity index (χ2v) is 9.07. The molecule has 1 N–H and O–H groups in total. The van der Waals surface area contributed by atoms with Crippen molar-refractivity contribution in [3.05, 3.63) is 84.1 Å². The zero-order valence-corrected chi connectivity index (χ0v) is 20.7. The van der Waals surface area contributed by atoms with Crippen LogP contribution in [0.25, 0.3) is 5.69 Å². The molecule has 1 atom stereocenters. The van der Waals surface area contributed by atoms with Crippen LogP contribution in [0, 0.1) is 6.92 Å². The normalized spacial score (nSPS) is 14.3. The molecule has 0 aliphatic heterocycles. The van der Waals surface area contributed by atoms with Crippen LogP contribution in [0.1, 0.15) is 53.4 Å². The maximum Gasteiger partial charge on any atom is 0.294 e. The van der Waals surface area contributed by atoms with Gasteiger partial charge >= 0.3 is 0 Å². The van der Waals surface area contributed by atoms with Gasteiger partial charge in [0.1, 0.15) is 23.8 Å². The SMILES string of the molecule is COc1cc(N(C(=O)c2ccco2)[C@H](C(=O)NC2CCCC2)c2ccc(C)cc2)ccc1-n1cnnn1. The number of aryl methyl sites for hydroxylation is 1. The minimum Gasteiger partial charge on any atom is -0.494 e. The Morgan fingerprint density at radius 2 is 1.92 bits per heavy atom. The number of methoxy groups -OCH3 is 1. The van der Waals surface area contributed by atoms with E-state index in [2.05, 4.69) is 20.8 Å². The van der Waals surface area contributed by atoms with Gasteiger partial charge in [0.2, 0.25) is 5.91 Å². The third-order valence-corrected chi connectivity index (χ3v) is 6.59. The second kappa shape index (κ2) is 10.7. The lowest BCUT2D eigenvalue weighted by atomic mass is 10.0. The van der Waals surface area contributed by atoms with Gasteiger partial charge in [-0.05, 0) is 60.0 Å². The third kappa shape index (κ3) is 5.09. The minimum absolute atomic E-state index is 0.0812. The number of amides is 2. The van der Waals surface area contributed by atoms with Gasteiger partial charge in [0.15, 0.2) is 5.76 Å². The largest absolute Gasteiger partial charge is 0.494 e. The van der Waals surface area contributed by atoms with Crippen molar-refractivity contribution in [1.29, 1.82) is 0 Å². The number of benzene rings is 2. The van der Waals surface area contributed by atoms with Crippen molar-refractivity contribution in [3.63, 3.8) is 0 Å². The van der Waals surface area contributed by atoms with E-state index in [1.807, 2.05) is 31.2 Å². The molecular weight excluding hydrogens is 472 g/mol. The van der Waals surface area contributed by atoms with Crippen LogP contribution in [0.15, 0.2) is 71.6 Å². The summed E-state index contributed by atoms with van der Waals surface area (Å²) in [6.45, 7) is 1.98. The van der Waals surface area contributed by atoms with Gasteiger partial charge in [-0.1, -0.05) is 42.7 Å². The lowest BCUT2D eigenvalue weighted by molar-refractivity contribution is -0.123. The van der Waals surface area contributed by atoms with Gasteiger partial charge in [0.05, 0.1) is 13.4 Å². The number of nitrogens with zero attached hydrogens (tertiary/aromatic N) is 5. The van der Waals surface area contributed by atoms with Crippen molar-refractivity contribution in [2.45, 2.75) is 44.7 Å². The van der Waals surface area contributed by atoms with Crippen molar-refractivity contribution in [2.75, 3.05) is 12.0 Å². The Bertz CT molecular complexity index is 1350. The maximum atomic E-state index is 13.9. The van der Waals surface area contributed by atoms with E-state index in [-0.39, 0.29) is 17.7 Å². The van der Waals surface area contributed by atoms with Crippen molar-refractivity contribution >= 4 is 17.5 Å². The van der Waals surface area contributed by atoms with Crippen LogP contribution < -0.4 is 15.0 Å². The summed E-state index contributed by atoms with van der Waals surface area (Å²) in [5, 5.41) is 14.5. The van der Waals surface area contributed by atoms with E-state index in [1.54, 1.807) is 30.3 Å². The van der Waals surface area contributed by atoms with Crippen molar-refractivity contribution in [2.24, 2.45) is 0 Å². The summed E-state index contributed by atoms with van der Waals surface area (Å²) in [5.41, 5.74) is 2.78. The molecule has 4 aromatic rings. The number of hydrogen-bond donors (Lipinski definition) is 1. The van der Waals surface area contributed by atoms with Crippen LogP contribution in [0.4, 0.5) is 5.69 Å². The van der Waals surface area contributed by atoms with Crippen molar-refractivity contribution < 1.29 is 18.7 Å². The fourth-order valence-electron chi connectivity index (χ4n) is 4.70. The summed E-state index contributed by atoms with van der Waals surface area (Å²) in [4.78, 5) is 29.3. The van der Waals surface area contributed by atoms with Gasteiger partial charge in [-0.15, -0.1) is 5.10 Å². The first-order valence-corrected chi connectivity index (χ1v) is 12.2. The molecule has 0 radical (unpaired) electrons. The molecule has 0 saturated heterocycles. The number of carbonyl (C=O) groups is 2. The van der Waals surface area contributed by atoms with Crippen molar-refractivity contribution in [3.8, 4) is 11.4 Å². The fourth-order valence-corrected chi connectivity index (χ4v) is 4.70. The minimum atomic E-state index is -0.942. The van der Waals surface area contributed by atoms with Crippen molar-refractivity contribution in [1.82, 2.24) is 25.5 Å². The van der Waals surface area contributed by atoms with Crippen LogP contribution in [-0.2, 0) is 4.79 Å². The molecule has 2 amide bonds. The fraction of sp³-hybridized carbons (Fsp3) is 0.296. The molecule has 10 heteroatoms. The molecule has 1 fully saturated rings. The molecular formula is C27H28N6O4. The first-order chi connectivity index (χ1) is 18.0. The Hall–Kier alpha value is -4.47. The highest BCUT2D eigenvalue weighted by atomic mass is 16.5. The molecule has 5 rings (SSSR count). The molecule has 10 nitrogen and oxygen atoms in total. The van der Waals surface area contributed by atoms with Crippen LogP contribution in [0.3, 0.4) is 0 Å². The summed E-state index contributed by atoms with van der Waals surface area (Å²) in [6.07, 6.45) is 6.88. The Morgan fingerprint density at radius 1 is 1.14 bits per heavy atom. The highest BCUT2D eigenvalue weighted by Gasteiger charge is 2.36. The monoisotopic (exact) mass is 500 g/mol. The first kappa shape index (κ1) is 24.2. The van der Waals surface area contributed by atoms with Gasteiger partial charge < -0.3 is 14.5 Å². The van der Waals surface area contributed by atoms with Gasteiger partial charge in [0.25, 0.3) is 5.91 Å². The Labute approximate surface area is 214 Å². The molecule has 0 bridgehead atoms. The Morgan fingerprint density at radius 3 is 2.57 bits per heavy atom. The summed E-state index contributed by atoms with van der Waals surface area (Å²) in [5.74, 6) is -0.149. The number of nitrogens with one attached hydrogen (secondary N) is 1. The van der Waals surface area contributed by atoms with E-state index in [9.17, 15) is 9.59 Å². The zero-order valence-electron chi connectivity index (χ0n) is 20.7. The number of aromatic nitrogens is 4. The first-order valence-electron chi connectivity index (χ1n) is 12.2. The number of furan rings is 1. The third-order valence-electron chi connectivity index (χ3n) is 6.59. The molecule has 1 aliphatic carbocycles. The van der Waals surface area contributed by atoms with E-state index >= 15 is 0 Å². The Balaban J connectivity index is 1.63. The molecule has 2 aromatic carbocycles. The van der Waals surface area contributed by atoms with Crippen LogP contribution in [0.5, 0.6) is 5.75 Å². The second-order valence-electron chi connectivity index (χ2n) is 9.07. The van der Waals surface area contributed by atoms with Gasteiger partial charge in [-0.3, -0.25) is 14.5 Å². The summed E-state index contributed by atoms with van der Waals surface area (Å²) >= 11 is 0. The summed E-state index contributed by atoms with van der Waals surface area (Å²) < 4.78 is 12.6. The molecule has 1 saturated carbocycles. The molecule has 0 unspecified atom stereocenters. The molecule has 2 aromatic heterocycles. The van der Waals surface area contributed by atoms with E-state index in [4.69, 9.17) is 9.15 Å². The Kier molecular flexibility index (Phi) is 6.98. The van der Waals surface area contributed by atoms with Gasteiger partial charge in [-0.2, -0.15) is 4.68 Å². The topological polar surface area (TPSA) is 115 Å². The summed E-state index contributed by atoms with van der Waals surface area (Å²) in [6, 6.07) is 15.2. The molecule has 190 valence electrons. The number of ether oxygens (including phenoxy) is 1. The molecule has 0 spiro atoms. The van der Waals surface area contributed by atoms with Gasteiger partial charge in [-0.25, -0.2) is 0 Å². The van der Waals surface area contributed by atoms with E-state index in [0.29, 0.717) is 22.7 Å². The van der Waals surface area contributed by atoms with E-state index in [0.717, 1.165) is 31.2 Å². The number of rotatable bonds is 8. The summed E-state index contributed by atoms with van der Waals surface area (Å²) in [7, 11) is 1.52. The number of anilines is 1. The average Bonchev–Trinajstić information content (AvgIpc) is 3.71. The average molecular weight is 501 g/mol. The standard InChI is InChI=1S/C27H28N6O4/c1-18-9-11-19(12-10-18)25(26(34)29-20-6-3-4-7-20)33(27(35)23-8-5-15-37-23)21-13-14-22(24(16-21)36-2)32-17-28-30-31-32/h5,8-17,20,25H,3-4,6-7H2,1-2H3,(H,29,34)/t25-/m0/s1. The molecule has 1 aliphatic rings. The van der Waals surface area contributed by atoms with Crippen LogP contribution >= 0.6 is 0 Å². The van der Waals surface area contributed by atoms with Gasteiger partial charge in [0, 0.05) is 17.8 Å². The molecule has 37 heavy (non-hydrogen) atoms. The maximum absolute atomic E-state index is 13.9. The molecule has 2 heterocycles. The lowest BCUT2D eigenvalue weighted by Crippen LogP contribution is -2.46. The number of hydrogen-bond acceptors (Lipinski definition) is 7. The zero-order chi connectivity index (χ0) is 25.8. The number of carbonyl (C=O) groups excluding carboxylic acids is 2. The van der Waals surface area contributed by atoms with Crippen LogP contribution in [-0.4, -0.2) is 45.2 Å². The predicted molar refractivity (Wildman–Crippen MR) is 136 cm³/mol. The highest BCUT2D eigenvalue weighted by Crippen LogP contribution is 2.35. The highest BCUT2D eigenvalue weighted by molar-refractivity contribution is 6.08. The smallest absolute Gasteiger partial charge is 0.294 e. The quantitative estimate of drug-likeness (QED) is 0.388. The van der Waals surface area contributed by atoms with E-state index in [1.165, 1.54) is 29.3 Å².